The molecule has 20 heavy (non-hydrogen) atoms. The number of rotatable bonds is 8. The summed E-state index contributed by atoms with van der Waals surface area (Å²) < 4.78 is 5.39. The summed E-state index contributed by atoms with van der Waals surface area (Å²) >= 11 is 1.84. The summed E-state index contributed by atoms with van der Waals surface area (Å²) in [6.07, 6.45) is 1.93. The van der Waals surface area contributed by atoms with Crippen LogP contribution in [0, 0.1) is 5.41 Å². The van der Waals surface area contributed by atoms with E-state index in [-0.39, 0.29) is 5.41 Å². The molecular formula is C15H29N3OS. The molecule has 1 atom stereocenters. The first-order valence-electron chi connectivity index (χ1n) is 7.49. The molecule has 0 saturated carbocycles. The van der Waals surface area contributed by atoms with Gasteiger partial charge in [0.05, 0.1) is 5.75 Å². The molecule has 0 aliphatic rings. The van der Waals surface area contributed by atoms with Gasteiger partial charge >= 0.3 is 0 Å². The molecule has 0 aromatic carbocycles. The second-order valence-corrected chi connectivity index (χ2v) is 8.11. The van der Waals surface area contributed by atoms with Gasteiger partial charge in [-0.25, -0.2) is 0 Å². The van der Waals surface area contributed by atoms with Gasteiger partial charge in [-0.2, -0.15) is 16.7 Å². The zero-order valence-corrected chi connectivity index (χ0v) is 14.5. The van der Waals surface area contributed by atoms with E-state index in [4.69, 9.17) is 4.52 Å². The monoisotopic (exact) mass is 299 g/mol. The molecule has 0 fully saturated rings. The average Bonchev–Trinajstić information content (AvgIpc) is 2.78. The van der Waals surface area contributed by atoms with E-state index in [1.165, 1.54) is 0 Å². The molecule has 0 bridgehead atoms. The summed E-state index contributed by atoms with van der Waals surface area (Å²) in [4.78, 5) is 4.50. The Morgan fingerprint density at radius 2 is 2.00 bits per heavy atom. The summed E-state index contributed by atoms with van der Waals surface area (Å²) in [5.74, 6) is 2.37. The van der Waals surface area contributed by atoms with Gasteiger partial charge in [0.2, 0.25) is 5.89 Å². The van der Waals surface area contributed by atoms with Gasteiger partial charge in [0.15, 0.2) is 5.82 Å². The molecule has 1 N–H and O–H groups in total. The molecule has 1 aromatic rings. The van der Waals surface area contributed by atoms with Gasteiger partial charge in [0.1, 0.15) is 0 Å². The second kappa shape index (κ2) is 8.03. The Labute approximate surface area is 127 Å². The minimum absolute atomic E-state index is 0.177. The third kappa shape index (κ3) is 6.27. The summed E-state index contributed by atoms with van der Waals surface area (Å²) in [6.45, 7) is 14.3. The number of aromatic nitrogens is 2. The first-order valence-corrected chi connectivity index (χ1v) is 8.54. The average molecular weight is 299 g/mol. The number of nitrogens with zero attached hydrogens (tertiary/aromatic N) is 2. The van der Waals surface area contributed by atoms with Crippen molar-refractivity contribution >= 4 is 11.8 Å². The lowest BCUT2D eigenvalue weighted by Crippen LogP contribution is -2.42. The Kier molecular flexibility index (Phi) is 7.03. The molecule has 0 amide bonds. The van der Waals surface area contributed by atoms with Crippen molar-refractivity contribution in [3.63, 3.8) is 0 Å². The molecule has 0 saturated heterocycles. The van der Waals surface area contributed by atoms with Crippen LogP contribution in [0.4, 0.5) is 0 Å². The van der Waals surface area contributed by atoms with Gasteiger partial charge in [0.25, 0.3) is 0 Å². The van der Waals surface area contributed by atoms with Crippen LogP contribution in [0.1, 0.15) is 59.7 Å². The number of thioether (sulfide) groups is 1. The Hall–Kier alpha value is -0.550. The largest absolute Gasteiger partial charge is 0.339 e. The molecule has 5 heteroatoms. The third-order valence-electron chi connectivity index (χ3n) is 3.12. The quantitative estimate of drug-likeness (QED) is 0.793. The van der Waals surface area contributed by atoms with Crippen molar-refractivity contribution in [1.82, 2.24) is 15.5 Å². The van der Waals surface area contributed by atoms with Crippen molar-refractivity contribution in [2.24, 2.45) is 5.41 Å². The third-order valence-corrected chi connectivity index (χ3v) is 4.21. The highest BCUT2D eigenvalue weighted by atomic mass is 32.2. The van der Waals surface area contributed by atoms with Crippen molar-refractivity contribution in [2.75, 3.05) is 6.54 Å². The lowest BCUT2D eigenvalue weighted by Gasteiger charge is -2.30. The Morgan fingerprint density at radius 3 is 2.55 bits per heavy atom. The van der Waals surface area contributed by atoms with E-state index in [1.54, 1.807) is 0 Å². The van der Waals surface area contributed by atoms with Crippen LogP contribution in [0.15, 0.2) is 4.52 Å². The molecule has 0 spiro atoms. The highest BCUT2D eigenvalue weighted by Crippen LogP contribution is 2.23. The predicted octanol–water partition coefficient (Wildman–Crippen LogP) is 3.67. The van der Waals surface area contributed by atoms with Crippen LogP contribution in [0.5, 0.6) is 0 Å². The van der Waals surface area contributed by atoms with Crippen LogP contribution >= 0.6 is 11.8 Å². The van der Waals surface area contributed by atoms with E-state index in [9.17, 15) is 0 Å². The number of hydrogen-bond donors (Lipinski definition) is 1. The highest BCUT2D eigenvalue weighted by molar-refractivity contribution is 7.99. The maximum Gasteiger partial charge on any atom is 0.228 e. The van der Waals surface area contributed by atoms with Gasteiger partial charge in [-0.3, -0.25) is 0 Å². The molecule has 1 heterocycles. The fourth-order valence-corrected chi connectivity index (χ4v) is 2.45. The van der Waals surface area contributed by atoms with E-state index < -0.39 is 0 Å². The zero-order valence-electron chi connectivity index (χ0n) is 13.7. The minimum Gasteiger partial charge on any atom is -0.339 e. The summed E-state index contributed by atoms with van der Waals surface area (Å²) in [7, 11) is 0. The first-order chi connectivity index (χ1) is 9.32. The standard InChI is InChI=1S/C15H29N3OS/c1-7-8-16-12(15(4,5)6)9-14-17-13(18-19-14)10-20-11(2)3/h11-12,16H,7-10H2,1-6H3. The normalized spacial score (nSPS) is 13.9. The lowest BCUT2D eigenvalue weighted by atomic mass is 9.84. The smallest absolute Gasteiger partial charge is 0.228 e. The predicted molar refractivity (Wildman–Crippen MR) is 86.0 cm³/mol. The van der Waals surface area contributed by atoms with Crippen LogP contribution in [0.3, 0.4) is 0 Å². The van der Waals surface area contributed by atoms with Crippen LogP contribution in [0.2, 0.25) is 0 Å². The Morgan fingerprint density at radius 1 is 1.30 bits per heavy atom. The van der Waals surface area contributed by atoms with Crippen LogP contribution in [0.25, 0.3) is 0 Å². The Balaban J connectivity index is 2.60. The first kappa shape index (κ1) is 17.5. The van der Waals surface area contributed by atoms with E-state index in [0.717, 1.165) is 36.9 Å². The summed E-state index contributed by atoms with van der Waals surface area (Å²) in [5, 5.41) is 8.24. The lowest BCUT2D eigenvalue weighted by molar-refractivity contribution is 0.244. The molecule has 1 unspecified atom stereocenters. The maximum atomic E-state index is 5.39. The van der Waals surface area contributed by atoms with Gasteiger partial charge in [0, 0.05) is 12.5 Å². The fourth-order valence-electron chi connectivity index (χ4n) is 1.85. The van der Waals surface area contributed by atoms with Gasteiger partial charge < -0.3 is 9.84 Å². The zero-order chi connectivity index (χ0) is 15.2. The van der Waals surface area contributed by atoms with Crippen LogP contribution < -0.4 is 5.32 Å². The van der Waals surface area contributed by atoms with Gasteiger partial charge in [-0.05, 0) is 23.6 Å². The molecular weight excluding hydrogens is 270 g/mol. The molecule has 1 aromatic heterocycles. The maximum absolute atomic E-state index is 5.39. The summed E-state index contributed by atoms with van der Waals surface area (Å²) in [5.41, 5.74) is 0.177. The van der Waals surface area contributed by atoms with Crippen LogP contribution in [-0.2, 0) is 12.2 Å². The van der Waals surface area contributed by atoms with E-state index in [0.29, 0.717) is 11.3 Å². The SMILES string of the molecule is CCCNC(Cc1nc(CSC(C)C)no1)C(C)(C)C. The number of hydrogen-bond acceptors (Lipinski definition) is 5. The van der Waals surface area contributed by atoms with Crippen molar-refractivity contribution in [2.45, 2.75) is 71.4 Å². The van der Waals surface area contributed by atoms with Crippen molar-refractivity contribution in [1.29, 1.82) is 0 Å². The Bertz CT molecular complexity index is 385. The van der Waals surface area contributed by atoms with Gasteiger partial charge in [-0.15, -0.1) is 0 Å². The highest BCUT2D eigenvalue weighted by Gasteiger charge is 2.26. The molecule has 0 aliphatic carbocycles. The van der Waals surface area contributed by atoms with Crippen molar-refractivity contribution < 1.29 is 4.52 Å². The second-order valence-electron chi connectivity index (χ2n) is 6.54. The van der Waals surface area contributed by atoms with Gasteiger partial charge in [-0.1, -0.05) is 46.7 Å². The summed E-state index contributed by atoms with van der Waals surface area (Å²) in [6, 6.07) is 0.355. The van der Waals surface area contributed by atoms with Crippen molar-refractivity contribution in [3.05, 3.63) is 11.7 Å². The molecule has 116 valence electrons. The van der Waals surface area contributed by atoms with E-state index in [1.807, 2.05) is 11.8 Å². The molecule has 4 nitrogen and oxygen atoms in total. The minimum atomic E-state index is 0.177. The van der Waals surface area contributed by atoms with E-state index in [2.05, 4.69) is 57.0 Å². The van der Waals surface area contributed by atoms with Crippen molar-refractivity contribution in [3.8, 4) is 0 Å². The topological polar surface area (TPSA) is 51.0 Å². The van der Waals surface area contributed by atoms with E-state index >= 15 is 0 Å². The fraction of sp³-hybridized carbons (Fsp3) is 0.867. The van der Waals surface area contributed by atoms with Crippen LogP contribution in [-0.4, -0.2) is 28.0 Å². The molecule has 0 radical (unpaired) electrons. The molecule has 0 aliphatic heterocycles. The number of nitrogens with one attached hydrogen (secondary N) is 1. The molecule has 1 rings (SSSR count).